The number of rotatable bonds is 3. The molecule has 0 saturated heterocycles. The van der Waals surface area contributed by atoms with Crippen molar-refractivity contribution < 1.29 is 9.59 Å². The molecule has 0 spiro atoms. The van der Waals surface area contributed by atoms with Crippen LogP contribution >= 0.6 is 0 Å². The summed E-state index contributed by atoms with van der Waals surface area (Å²) in [6.07, 6.45) is 0.756. The van der Waals surface area contributed by atoms with Gasteiger partial charge in [-0.05, 0) is 29.4 Å². The van der Waals surface area contributed by atoms with Gasteiger partial charge in [-0.1, -0.05) is 64.6 Å². The molecule has 4 atom stereocenters. The van der Waals surface area contributed by atoms with Gasteiger partial charge in [-0.15, -0.1) is 0 Å². The summed E-state index contributed by atoms with van der Waals surface area (Å²) in [5, 5.41) is 0. The van der Waals surface area contributed by atoms with Gasteiger partial charge in [0.05, 0.1) is 5.41 Å². The van der Waals surface area contributed by atoms with Crippen LogP contribution in [0, 0.1) is 22.7 Å². The van der Waals surface area contributed by atoms with Crippen LogP contribution in [0.5, 0.6) is 0 Å². The highest BCUT2D eigenvalue weighted by atomic mass is 16.1. The van der Waals surface area contributed by atoms with Crippen molar-refractivity contribution >= 4 is 12.1 Å². The molecule has 1 fully saturated rings. The van der Waals surface area contributed by atoms with Gasteiger partial charge in [-0.3, -0.25) is 9.59 Å². The van der Waals surface area contributed by atoms with Crippen LogP contribution in [0.25, 0.3) is 0 Å². The van der Waals surface area contributed by atoms with E-state index in [9.17, 15) is 9.59 Å². The minimum absolute atomic E-state index is 0.0195. The van der Waals surface area contributed by atoms with E-state index in [2.05, 4.69) is 39.5 Å². The molecule has 0 radical (unpaired) electrons. The second-order valence-corrected chi connectivity index (χ2v) is 7.78. The predicted octanol–water partition coefficient (Wildman–Crippen LogP) is 4.41. The maximum atomic E-state index is 13.0. The highest BCUT2D eigenvalue weighted by Gasteiger charge is 2.60. The van der Waals surface area contributed by atoms with Crippen LogP contribution in [0.1, 0.15) is 46.1 Å². The normalized spacial score (nSPS) is 32.0. The van der Waals surface area contributed by atoms with Gasteiger partial charge in [0.15, 0.2) is 0 Å². The van der Waals surface area contributed by atoms with Crippen LogP contribution in [0.4, 0.5) is 0 Å². The quantitative estimate of drug-likeness (QED) is 0.612. The van der Waals surface area contributed by atoms with E-state index >= 15 is 0 Å². The van der Waals surface area contributed by atoms with E-state index in [1.54, 1.807) is 0 Å². The van der Waals surface area contributed by atoms with Crippen molar-refractivity contribution in [2.24, 2.45) is 22.7 Å². The van der Waals surface area contributed by atoms with E-state index in [1.165, 1.54) is 0 Å². The van der Waals surface area contributed by atoms with Gasteiger partial charge in [-0.25, -0.2) is 0 Å². The Bertz CT molecular complexity index is 594. The van der Waals surface area contributed by atoms with Crippen LogP contribution in [-0.2, 0) is 9.59 Å². The van der Waals surface area contributed by atoms with Crippen molar-refractivity contribution in [3.05, 3.63) is 48.0 Å². The summed E-state index contributed by atoms with van der Waals surface area (Å²) < 4.78 is 0. The highest BCUT2D eigenvalue weighted by Crippen LogP contribution is 2.60. The molecule has 2 heteroatoms. The molecule has 1 aliphatic rings. The van der Waals surface area contributed by atoms with Crippen LogP contribution in [0.2, 0.25) is 0 Å². The molecule has 0 aromatic heterocycles. The molecule has 1 aliphatic carbocycles. The lowest BCUT2D eigenvalue weighted by atomic mass is 9.63. The Morgan fingerprint density at radius 2 is 1.77 bits per heavy atom. The zero-order chi connectivity index (χ0) is 16.7. The second-order valence-electron chi connectivity index (χ2n) is 7.78. The lowest BCUT2D eigenvalue weighted by Gasteiger charge is -2.39. The number of hydrogen-bond donors (Lipinski definition) is 0. The van der Waals surface area contributed by atoms with E-state index < -0.39 is 5.41 Å². The van der Waals surface area contributed by atoms with Crippen molar-refractivity contribution in [3.8, 4) is 0 Å². The van der Waals surface area contributed by atoms with Crippen molar-refractivity contribution in [1.82, 2.24) is 0 Å². The van der Waals surface area contributed by atoms with E-state index in [1.807, 2.05) is 32.0 Å². The molecule has 118 valence electrons. The Labute approximate surface area is 133 Å². The number of Topliss-reactive ketones (excluding diaryl/α,β-unsaturated/α-hetero) is 1. The maximum absolute atomic E-state index is 13.0. The third-order valence-corrected chi connectivity index (χ3v) is 5.41. The Kier molecular flexibility index (Phi) is 4.16. The molecule has 0 bridgehead atoms. The largest absolute Gasteiger partial charge is 0.298 e. The summed E-state index contributed by atoms with van der Waals surface area (Å²) in [5.74, 6) is 0.197. The number of ketones is 1. The molecule has 1 saturated carbocycles. The number of carbonyl (C=O) groups is 2. The average Bonchev–Trinajstić information content (AvgIpc) is 2.69. The molecule has 2 nitrogen and oxygen atoms in total. The van der Waals surface area contributed by atoms with Gasteiger partial charge < -0.3 is 0 Å². The van der Waals surface area contributed by atoms with Gasteiger partial charge in [-0.2, -0.15) is 0 Å². The molecule has 0 unspecified atom stereocenters. The molecule has 0 aliphatic heterocycles. The fraction of sp³-hybridized carbons (Fsp3) is 0.500. The summed E-state index contributed by atoms with van der Waals surface area (Å²) >= 11 is 0. The molecule has 22 heavy (non-hydrogen) atoms. The molecule has 1 aromatic rings. The molecule has 1 aromatic carbocycles. The first kappa shape index (κ1) is 16.7. The zero-order valence-corrected chi connectivity index (χ0v) is 14.2. The molecule has 0 amide bonds. The van der Waals surface area contributed by atoms with Crippen LogP contribution in [0.3, 0.4) is 0 Å². The minimum atomic E-state index is -0.819. The Balaban J connectivity index is 2.70. The summed E-state index contributed by atoms with van der Waals surface area (Å²) in [7, 11) is 0. The SMILES string of the molecule is C=C(C=O)[C@]1(C)C(=O)[C@@H](C)[C@H](C(C)(C)C)[C@H]1c1ccccc1. The number of aldehydes is 1. The standard InChI is InChI=1S/C20H26O2/c1-13(12-21)20(6)17(15-10-8-7-9-11-15)16(19(3,4)5)14(2)18(20)22/h7-12,14,16-17H,1H2,2-6H3/t14-,16-,17+,20-/m0/s1. The third kappa shape index (κ3) is 2.35. The van der Waals surface area contributed by atoms with Crippen LogP contribution < -0.4 is 0 Å². The maximum Gasteiger partial charge on any atom is 0.146 e. The van der Waals surface area contributed by atoms with Gasteiger partial charge >= 0.3 is 0 Å². The molecule has 0 heterocycles. The number of benzene rings is 1. The summed E-state index contributed by atoms with van der Waals surface area (Å²) in [4.78, 5) is 24.5. The minimum Gasteiger partial charge on any atom is -0.298 e. The van der Waals surface area contributed by atoms with E-state index in [-0.39, 0.29) is 29.0 Å². The fourth-order valence-electron chi connectivity index (χ4n) is 4.37. The third-order valence-electron chi connectivity index (χ3n) is 5.41. The van der Waals surface area contributed by atoms with Crippen molar-refractivity contribution in [3.63, 3.8) is 0 Å². The van der Waals surface area contributed by atoms with Crippen molar-refractivity contribution in [2.45, 2.75) is 40.5 Å². The summed E-state index contributed by atoms with van der Waals surface area (Å²) in [5.41, 5.74) is 0.660. The number of allylic oxidation sites excluding steroid dienone is 1. The monoisotopic (exact) mass is 298 g/mol. The first-order chi connectivity index (χ1) is 10.2. The highest BCUT2D eigenvalue weighted by molar-refractivity contribution is 5.99. The van der Waals surface area contributed by atoms with E-state index in [0.717, 1.165) is 11.8 Å². The Hall–Kier alpha value is -1.70. The number of hydrogen-bond acceptors (Lipinski definition) is 2. The van der Waals surface area contributed by atoms with Gasteiger partial charge in [0.25, 0.3) is 0 Å². The van der Waals surface area contributed by atoms with Gasteiger partial charge in [0, 0.05) is 11.8 Å². The molecular formula is C20H26O2. The second kappa shape index (κ2) is 5.49. The fourth-order valence-corrected chi connectivity index (χ4v) is 4.37. The Morgan fingerprint density at radius 1 is 1.23 bits per heavy atom. The average molecular weight is 298 g/mol. The van der Waals surface area contributed by atoms with Crippen LogP contribution in [0.15, 0.2) is 42.5 Å². The van der Waals surface area contributed by atoms with Gasteiger partial charge in [0.1, 0.15) is 12.1 Å². The lowest BCUT2D eigenvalue weighted by Crippen LogP contribution is -2.34. The predicted molar refractivity (Wildman–Crippen MR) is 89.6 cm³/mol. The van der Waals surface area contributed by atoms with Crippen molar-refractivity contribution in [1.29, 1.82) is 0 Å². The molecule has 0 N–H and O–H groups in total. The molecular weight excluding hydrogens is 272 g/mol. The van der Waals surface area contributed by atoms with E-state index in [4.69, 9.17) is 0 Å². The smallest absolute Gasteiger partial charge is 0.146 e. The zero-order valence-electron chi connectivity index (χ0n) is 14.2. The summed E-state index contributed by atoms with van der Waals surface area (Å²) in [6, 6.07) is 10.1. The topological polar surface area (TPSA) is 34.1 Å². The number of carbonyl (C=O) groups excluding carboxylic acids is 2. The first-order valence-electron chi connectivity index (χ1n) is 7.89. The first-order valence-corrected chi connectivity index (χ1v) is 7.89. The van der Waals surface area contributed by atoms with Gasteiger partial charge in [0.2, 0.25) is 0 Å². The Morgan fingerprint density at radius 3 is 2.23 bits per heavy atom. The van der Waals surface area contributed by atoms with Crippen LogP contribution in [-0.4, -0.2) is 12.1 Å². The van der Waals surface area contributed by atoms with Crippen molar-refractivity contribution in [2.75, 3.05) is 0 Å². The molecule has 2 rings (SSSR count). The van der Waals surface area contributed by atoms with E-state index in [0.29, 0.717) is 5.57 Å². The lowest BCUT2D eigenvalue weighted by molar-refractivity contribution is -0.127. The summed E-state index contributed by atoms with van der Waals surface area (Å²) in [6.45, 7) is 14.3.